The summed E-state index contributed by atoms with van der Waals surface area (Å²) in [6, 6.07) is 16.1. The van der Waals surface area contributed by atoms with Crippen LogP contribution in [0.15, 0.2) is 85.3 Å². The van der Waals surface area contributed by atoms with Crippen LogP contribution < -0.4 is 21.3 Å². The van der Waals surface area contributed by atoms with Gasteiger partial charge in [-0.05, 0) is 69.4 Å². The zero-order valence-corrected chi connectivity index (χ0v) is 33.4. The highest BCUT2D eigenvalue weighted by molar-refractivity contribution is 5.95. The van der Waals surface area contributed by atoms with Crippen LogP contribution >= 0.6 is 0 Å². The average molecular weight is 772 g/mol. The number of aliphatic hydroxyl groups is 1. The molecule has 0 aliphatic carbocycles. The molecule has 3 rings (SSSR count). The first-order valence-corrected chi connectivity index (χ1v) is 19.2. The van der Waals surface area contributed by atoms with Gasteiger partial charge in [0.15, 0.2) is 0 Å². The van der Waals surface area contributed by atoms with Crippen LogP contribution in [0.4, 0.5) is 4.79 Å². The SMILES string of the molecule is CC(C)C[C@H](NC(=O)[C@H](Cc1c[nH]cn1)NC(=O)[C@H](Cc1ccccc1)NC(=O)OC(C)(C)C)[C@@H](O)CC(=O)NC(=O)C[C@@H](C)[CH]/C=C\CCc1ccccc1. The Bertz CT molecular complexity index is 1690. The monoisotopic (exact) mass is 771 g/mol. The number of nitrogens with one attached hydrogen (secondary N) is 5. The first-order valence-electron chi connectivity index (χ1n) is 19.2. The van der Waals surface area contributed by atoms with Crippen LogP contribution in [0.3, 0.4) is 0 Å². The fourth-order valence-electron chi connectivity index (χ4n) is 5.91. The second kappa shape index (κ2) is 22.9. The maximum absolute atomic E-state index is 13.9. The first kappa shape index (κ1) is 45.1. The predicted molar refractivity (Wildman–Crippen MR) is 215 cm³/mol. The molecule has 1 heterocycles. The molecule has 0 saturated heterocycles. The Hall–Kier alpha value is -5.30. The molecule has 2 aromatic carbocycles. The molecule has 5 atom stereocenters. The Labute approximate surface area is 330 Å². The number of allylic oxidation sites excluding steroid dienone is 2. The molecule has 0 bridgehead atoms. The van der Waals surface area contributed by atoms with Crippen LogP contribution in [0, 0.1) is 18.3 Å². The van der Waals surface area contributed by atoms with Crippen LogP contribution in [0.1, 0.15) is 84.0 Å². The third-order valence-corrected chi connectivity index (χ3v) is 8.61. The highest BCUT2D eigenvalue weighted by atomic mass is 16.6. The van der Waals surface area contributed by atoms with Crippen molar-refractivity contribution in [2.75, 3.05) is 0 Å². The topological polar surface area (TPSA) is 192 Å². The van der Waals surface area contributed by atoms with Crippen molar-refractivity contribution in [3.8, 4) is 0 Å². The van der Waals surface area contributed by atoms with Crippen molar-refractivity contribution >= 4 is 29.7 Å². The summed E-state index contributed by atoms with van der Waals surface area (Å²) in [5.74, 6) is -2.52. The molecule has 1 radical (unpaired) electrons. The number of benzene rings is 2. The van der Waals surface area contributed by atoms with E-state index in [0.29, 0.717) is 12.1 Å². The van der Waals surface area contributed by atoms with Crippen molar-refractivity contribution in [2.45, 2.75) is 116 Å². The van der Waals surface area contributed by atoms with Crippen molar-refractivity contribution in [3.63, 3.8) is 0 Å². The molecule has 3 aromatic rings. The summed E-state index contributed by atoms with van der Waals surface area (Å²) < 4.78 is 5.41. The third kappa shape index (κ3) is 17.9. The molecule has 13 heteroatoms. The zero-order valence-electron chi connectivity index (χ0n) is 33.4. The van der Waals surface area contributed by atoms with Crippen molar-refractivity contribution in [2.24, 2.45) is 11.8 Å². The quantitative estimate of drug-likeness (QED) is 0.0880. The van der Waals surface area contributed by atoms with E-state index < -0.39 is 66.0 Å². The van der Waals surface area contributed by atoms with E-state index >= 15 is 0 Å². The molecule has 0 unspecified atom stereocenters. The molecule has 6 N–H and O–H groups in total. The van der Waals surface area contributed by atoms with Gasteiger partial charge in [-0.2, -0.15) is 0 Å². The normalized spacial score (nSPS) is 14.3. The van der Waals surface area contributed by atoms with Gasteiger partial charge in [-0.3, -0.25) is 24.5 Å². The summed E-state index contributed by atoms with van der Waals surface area (Å²) in [6.07, 6.45) is 8.62. The van der Waals surface area contributed by atoms with Crippen LogP contribution in [0.25, 0.3) is 0 Å². The lowest BCUT2D eigenvalue weighted by atomic mass is 9.96. The lowest BCUT2D eigenvalue weighted by Gasteiger charge is -2.29. The number of imidazole rings is 1. The number of amides is 5. The standard InChI is InChI=1S/C43H59N6O7/c1-29(2)22-34(37(50)26-39(52)49-38(51)23-30(3)16-10-7-11-17-31-18-12-8-13-19-31)46-41(54)36(25-33-27-44-28-45-33)47-40(53)35(24-32-20-14-9-15-21-32)48-42(55)56-43(4,5)6/h7-10,12-16,18-21,27-30,34-37,50H,11,17,22-26H2,1-6H3,(H,44,45)(H,46,54)(H,47,53)(H,48,55)(H,49,51,52)/b10-7-/t30-,34-,35-,36-,37-/m0/s1. The maximum Gasteiger partial charge on any atom is 0.408 e. The number of ether oxygens (including phenoxy) is 1. The number of aromatic nitrogens is 2. The van der Waals surface area contributed by atoms with Gasteiger partial charge in [0.25, 0.3) is 0 Å². The lowest BCUT2D eigenvalue weighted by Crippen LogP contribution is -2.57. The van der Waals surface area contributed by atoms with Crippen LogP contribution in [-0.2, 0) is 43.2 Å². The largest absolute Gasteiger partial charge is 0.444 e. The Morgan fingerprint density at radius 1 is 0.821 bits per heavy atom. The van der Waals surface area contributed by atoms with E-state index in [1.807, 2.05) is 87.9 Å². The van der Waals surface area contributed by atoms with E-state index in [1.165, 1.54) is 11.9 Å². The molecule has 0 aliphatic heterocycles. The number of rotatable bonds is 21. The number of H-pyrrole nitrogens is 1. The van der Waals surface area contributed by atoms with Crippen LogP contribution in [-0.4, -0.2) is 74.6 Å². The van der Waals surface area contributed by atoms with Gasteiger partial charge < -0.3 is 30.8 Å². The molecule has 0 saturated carbocycles. The summed E-state index contributed by atoms with van der Waals surface area (Å²) in [6.45, 7) is 10.8. The molecular formula is C43H59N6O7. The molecule has 13 nitrogen and oxygen atoms in total. The number of aryl methyl sites for hydroxylation is 1. The van der Waals surface area contributed by atoms with Gasteiger partial charge in [0.2, 0.25) is 23.6 Å². The lowest BCUT2D eigenvalue weighted by molar-refractivity contribution is -0.133. The van der Waals surface area contributed by atoms with Gasteiger partial charge in [-0.15, -0.1) is 0 Å². The minimum Gasteiger partial charge on any atom is -0.444 e. The zero-order chi connectivity index (χ0) is 41.1. The second-order valence-corrected chi connectivity index (χ2v) is 15.5. The molecule has 0 aliphatic rings. The highest BCUT2D eigenvalue weighted by Gasteiger charge is 2.32. The number of nitrogens with zero attached hydrogens (tertiary/aromatic N) is 1. The van der Waals surface area contributed by atoms with E-state index in [4.69, 9.17) is 4.74 Å². The fraction of sp³-hybridized carbons (Fsp3) is 0.465. The highest BCUT2D eigenvalue weighted by Crippen LogP contribution is 2.14. The van der Waals surface area contributed by atoms with Crippen molar-refractivity contribution in [1.29, 1.82) is 0 Å². The van der Waals surface area contributed by atoms with E-state index in [1.54, 1.807) is 27.0 Å². The molecule has 0 spiro atoms. The number of carbonyl (C=O) groups excluding carboxylic acids is 5. The Morgan fingerprint density at radius 3 is 2.04 bits per heavy atom. The Morgan fingerprint density at radius 2 is 1.43 bits per heavy atom. The summed E-state index contributed by atoms with van der Waals surface area (Å²) in [5, 5.41) is 21.8. The van der Waals surface area contributed by atoms with Crippen LogP contribution in [0.2, 0.25) is 0 Å². The minimum atomic E-state index is -1.34. The molecular weight excluding hydrogens is 713 g/mol. The van der Waals surface area contributed by atoms with Crippen molar-refractivity contribution in [1.82, 2.24) is 31.2 Å². The van der Waals surface area contributed by atoms with Gasteiger partial charge >= 0.3 is 6.09 Å². The Balaban J connectivity index is 1.63. The molecule has 0 fully saturated rings. The van der Waals surface area contributed by atoms with Gasteiger partial charge in [-0.1, -0.05) is 93.6 Å². The summed E-state index contributed by atoms with van der Waals surface area (Å²) in [5.41, 5.74) is 1.69. The Kier molecular flexibility index (Phi) is 18.5. The number of carbonyl (C=O) groups is 5. The molecule has 5 amide bonds. The number of aromatic amines is 1. The molecule has 303 valence electrons. The summed E-state index contributed by atoms with van der Waals surface area (Å²) >= 11 is 0. The van der Waals surface area contributed by atoms with Crippen molar-refractivity contribution < 1.29 is 33.8 Å². The maximum atomic E-state index is 13.9. The van der Waals surface area contributed by atoms with Gasteiger partial charge in [0.05, 0.1) is 30.6 Å². The fourth-order valence-corrected chi connectivity index (χ4v) is 5.91. The van der Waals surface area contributed by atoms with Crippen LogP contribution in [0.5, 0.6) is 0 Å². The predicted octanol–water partition coefficient (Wildman–Crippen LogP) is 4.92. The summed E-state index contributed by atoms with van der Waals surface area (Å²) in [4.78, 5) is 73.2. The number of hydrogen-bond acceptors (Lipinski definition) is 8. The van der Waals surface area contributed by atoms with E-state index in [2.05, 4.69) is 43.4 Å². The smallest absolute Gasteiger partial charge is 0.408 e. The number of aliphatic hydroxyl groups excluding tert-OH is 1. The second-order valence-electron chi connectivity index (χ2n) is 15.5. The van der Waals surface area contributed by atoms with Gasteiger partial charge in [0, 0.05) is 25.5 Å². The minimum absolute atomic E-state index is 0.00411. The van der Waals surface area contributed by atoms with Gasteiger partial charge in [0.1, 0.15) is 17.7 Å². The van der Waals surface area contributed by atoms with Gasteiger partial charge in [-0.25, -0.2) is 9.78 Å². The average Bonchev–Trinajstić information content (AvgIpc) is 3.63. The van der Waals surface area contributed by atoms with Crippen molar-refractivity contribution in [3.05, 3.63) is 109 Å². The molecule has 56 heavy (non-hydrogen) atoms. The first-order chi connectivity index (χ1) is 26.6. The number of hydrogen-bond donors (Lipinski definition) is 6. The summed E-state index contributed by atoms with van der Waals surface area (Å²) in [7, 11) is 0. The van der Waals surface area contributed by atoms with E-state index in [0.717, 1.165) is 18.4 Å². The number of alkyl carbamates (subject to hydrolysis) is 1. The molecule has 1 aromatic heterocycles. The van der Waals surface area contributed by atoms with E-state index in [-0.39, 0.29) is 31.1 Å². The number of imide groups is 1. The van der Waals surface area contributed by atoms with E-state index in [9.17, 15) is 29.1 Å². The third-order valence-electron chi connectivity index (χ3n) is 8.61.